The van der Waals surface area contributed by atoms with Gasteiger partial charge < -0.3 is 5.11 Å². The number of fused-ring (bicyclic) bond motifs is 7. The average Bonchev–Trinajstić information content (AvgIpc) is 3.54. The maximum absolute atomic E-state index is 14.8. The summed E-state index contributed by atoms with van der Waals surface area (Å²) in [4.78, 5) is 29.1. The van der Waals surface area contributed by atoms with Crippen LogP contribution in [0.1, 0.15) is 18.2 Å². The van der Waals surface area contributed by atoms with Crippen molar-refractivity contribution < 1.29 is 9.90 Å². The highest BCUT2D eigenvalue weighted by Crippen LogP contribution is 2.48. The van der Waals surface area contributed by atoms with Gasteiger partial charge in [0.1, 0.15) is 5.75 Å². The molecule has 198 valence electrons. The van der Waals surface area contributed by atoms with Gasteiger partial charge >= 0.3 is 0 Å². The molecule has 1 atom stereocenters. The number of benzene rings is 5. The van der Waals surface area contributed by atoms with Gasteiger partial charge in [-0.1, -0.05) is 72.8 Å². The van der Waals surface area contributed by atoms with Crippen molar-refractivity contribution in [1.82, 2.24) is 9.36 Å². The Labute approximate surface area is 234 Å². The minimum Gasteiger partial charge on any atom is -0.507 e. The van der Waals surface area contributed by atoms with Crippen LogP contribution in [0.15, 0.2) is 113 Å². The lowest BCUT2D eigenvalue weighted by atomic mass is 9.83. The summed E-state index contributed by atoms with van der Waals surface area (Å²) in [5.74, 6) is -0.263. The molecule has 1 amide bonds. The van der Waals surface area contributed by atoms with Crippen LogP contribution >= 0.6 is 0 Å². The third-order valence-corrected chi connectivity index (χ3v) is 8.51. The predicted molar refractivity (Wildman–Crippen MR) is 161 cm³/mol. The summed E-state index contributed by atoms with van der Waals surface area (Å²) in [5, 5.41) is 21.0. The van der Waals surface area contributed by atoms with Gasteiger partial charge in [-0.25, -0.2) is 4.68 Å². The van der Waals surface area contributed by atoms with E-state index in [0.29, 0.717) is 39.5 Å². The Kier molecular flexibility index (Phi) is 4.61. The number of aromatic nitrogens is 2. The normalized spacial score (nSPS) is 17.5. The molecule has 0 radical (unpaired) electrons. The van der Waals surface area contributed by atoms with E-state index in [0.717, 1.165) is 21.5 Å². The number of anilines is 1. The van der Waals surface area contributed by atoms with E-state index in [2.05, 4.69) is 0 Å². The number of para-hydroxylation sites is 1. The highest BCUT2D eigenvalue weighted by Gasteiger charge is 2.59. The maximum Gasteiger partial charge on any atom is 0.285 e. The molecular formula is C34H24N4O3. The van der Waals surface area contributed by atoms with Gasteiger partial charge in [0.05, 0.1) is 22.6 Å². The summed E-state index contributed by atoms with van der Waals surface area (Å²) >= 11 is 0. The zero-order valence-electron chi connectivity index (χ0n) is 22.4. The first-order valence-corrected chi connectivity index (χ1v) is 13.5. The molecule has 2 aliphatic heterocycles. The van der Waals surface area contributed by atoms with Crippen LogP contribution < -0.4 is 10.6 Å². The van der Waals surface area contributed by atoms with E-state index in [-0.39, 0.29) is 17.2 Å². The lowest BCUT2D eigenvalue weighted by Crippen LogP contribution is -2.48. The second-order valence-electron chi connectivity index (χ2n) is 10.7. The fourth-order valence-electron chi connectivity index (χ4n) is 6.64. The molecule has 0 fully saturated rings. The molecule has 41 heavy (non-hydrogen) atoms. The summed E-state index contributed by atoms with van der Waals surface area (Å²) in [6.45, 7) is 3.67. The van der Waals surface area contributed by atoms with Gasteiger partial charge in [0.25, 0.3) is 11.5 Å². The molecule has 5 aromatic carbocycles. The van der Waals surface area contributed by atoms with Crippen LogP contribution in [0.5, 0.6) is 5.75 Å². The van der Waals surface area contributed by atoms with Crippen molar-refractivity contribution >= 4 is 38.9 Å². The van der Waals surface area contributed by atoms with Crippen LogP contribution in [-0.2, 0) is 10.3 Å². The van der Waals surface area contributed by atoms with Gasteiger partial charge in [0.15, 0.2) is 0 Å². The summed E-state index contributed by atoms with van der Waals surface area (Å²) < 4.78 is 3.36. The third-order valence-electron chi connectivity index (χ3n) is 8.51. The summed E-state index contributed by atoms with van der Waals surface area (Å²) in [6.07, 6.45) is 0. The number of rotatable bonds is 2. The van der Waals surface area contributed by atoms with Gasteiger partial charge in [0.2, 0.25) is 5.54 Å². The van der Waals surface area contributed by atoms with E-state index < -0.39 is 5.54 Å². The zero-order valence-corrected chi connectivity index (χ0v) is 22.4. The van der Waals surface area contributed by atoms with E-state index in [1.165, 1.54) is 5.01 Å². The number of aromatic hydroxyl groups is 1. The topological polar surface area (TPSA) is 79.8 Å². The Morgan fingerprint density at radius 3 is 2.10 bits per heavy atom. The number of carbonyl (C=O) groups excluding carboxylic acids is 1. The largest absolute Gasteiger partial charge is 0.507 e. The number of carbonyl (C=O) groups is 1. The molecule has 0 bridgehead atoms. The predicted octanol–water partition coefficient (Wildman–Crippen LogP) is 6.11. The number of hydrogen-bond acceptors (Lipinski definition) is 4. The van der Waals surface area contributed by atoms with Gasteiger partial charge in [-0.3, -0.25) is 14.3 Å². The SMILES string of the molecule is CC1=NN(c2ccc3ccccc3c2)C(=O)C12c1cc3ccccc3cc1-n1c(=O)c(-c3ccccc3O)c(C)n12. The Morgan fingerprint density at radius 1 is 0.732 bits per heavy atom. The fraction of sp³-hybridized carbons (Fsp3) is 0.0882. The van der Waals surface area contributed by atoms with E-state index >= 15 is 0 Å². The van der Waals surface area contributed by atoms with E-state index in [4.69, 9.17) is 5.10 Å². The highest BCUT2D eigenvalue weighted by atomic mass is 16.3. The lowest BCUT2D eigenvalue weighted by Gasteiger charge is -2.27. The van der Waals surface area contributed by atoms with E-state index in [9.17, 15) is 14.7 Å². The van der Waals surface area contributed by atoms with Gasteiger partial charge in [-0.2, -0.15) is 10.1 Å². The van der Waals surface area contributed by atoms with Crippen molar-refractivity contribution in [1.29, 1.82) is 0 Å². The molecule has 7 nitrogen and oxygen atoms in total. The molecule has 1 spiro atoms. The van der Waals surface area contributed by atoms with Crippen molar-refractivity contribution in [3.8, 4) is 22.6 Å². The Hall–Kier alpha value is -5.43. The Morgan fingerprint density at radius 2 is 1.37 bits per heavy atom. The van der Waals surface area contributed by atoms with Crippen LogP contribution in [0.4, 0.5) is 5.69 Å². The lowest BCUT2D eigenvalue weighted by molar-refractivity contribution is -0.122. The summed E-state index contributed by atoms with van der Waals surface area (Å²) in [7, 11) is 0. The minimum absolute atomic E-state index is 0.00582. The van der Waals surface area contributed by atoms with E-state index in [1.807, 2.05) is 92.7 Å². The quantitative estimate of drug-likeness (QED) is 0.290. The number of amides is 1. The van der Waals surface area contributed by atoms with Crippen molar-refractivity contribution in [2.24, 2.45) is 5.10 Å². The number of hydrogen-bond donors (Lipinski definition) is 1. The minimum atomic E-state index is -1.38. The highest BCUT2D eigenvalue weighted by molar-refractivity contribution is 6.24. The zero-order chi connectivity index (χ0) is 28.0. The standard InChI is InChI=1S/C34H24N4O3/c1-20-31(27-13-7-8-14-30(27)39)32(40)37-29-19-25-12-6-5-11-24(25)18-28(29)34(38(20)37)21(2)35-36(33(34)41)26-16-15-22-9-3-4-10-23(22)17-26/h3-19,39H,1-2H3. The number of hydrazone groups is 1. The second-order valence-corrected chi connectivity index (χ2v) is 10.7. The first-order valence-electron chi connectivity index (χ1n) is 13.5. The maximum atomic E-state index is 14.8. The average molecular weight is 537 g/mol. The molecule has 1 unspecified atom stereocenters. The van der Waals surface area contributed by atoms with E-state index in [1.54, 1.807) is 33.6 Å². The molecule has 0 saturated heterocycles. The van der Waals surface area contributed by atoms with Crippen molar-refractivity contribution in [2.75, 3.05) is 5.01 Å². The molecule has 7 heteroatoms. The number of nitrogens with zero attached hydrogens (tertiary/aromatic N) is 4. The molecule has 3 heterocycles. The Bertz CT molecular complexity index is 2210. The molecule has 1 N–H and O–H groups in total. The Balaban J connectivity index is 1.44. The molecule has 2 aliphatic rings. The van der Waals surface area contributed by atoms with Crippen molar-refractivity contribution in [3.63, 3.8) is 0 Å². The van der Waals surface area contributed by atoms with Crippen LogP contribution in [-0.4, -0.2) is 26.1 Å². The summed E-state index contributed by atoms with van der Waals surface area (Å²) in [5.41, 5.74) is 2.20. The molecule has 8 rings (SSSR count). The van der Waals surface area contributed by atoms with Crippen LogP contribution in [0.25, 0.3) is 38.4 Å². The van der Waals surface area contributed by atoms with Gasteiger partial charge in [0, 0.05) is 16.8 Å². The number of phenols is 1. The van der Waals surface area contributed by atoms with Crippen molar-refractivity contribution in [2.45, 2.75) is 19.4 Å². The first kappa shape index (κ1) is 23.5. The van der Waals surface area contributed by atoms with Crippen molar-refractivity contribution in [3.05, 3.63) is 125 Å². The molecule has 0 saturated carbocycles. The van der Waals surface area contributed by atoms with Crippen LogP contribution in [0.2, 0.25) is 0 Å². The number of phenolic OH excluding ortho intramolecular Hbond substituents is 1. The fourth-order valence-corrected chi connectivity index (χ4v) is 6.64. The first-order chi connectivity index (χ1) is 19.9. The molecule has 0 aliphatic carbocycles. The van der Waals surface area contributed by atoms with Crippen LogP contribution in [0, 0.1) is 6.92 Å². The third kappa shape index (κ3) is 2.89. The van der Waals surface area contributed by atoms with Gasteiger partial charge in [-0.05, 0) is 65.7 Å². The second kappa shape index (κ2) is 8.05. The monoisotopic (exact) mass is 536 g/mol. The molecule has 1 aromatic heterocycles. The molecular weight excluding hydrogens is 512 g/mol. The smallest absolute Gasteiger partial charge is 0.285 e. The van der Waals surface area contributed by atoms with Crippen LogP contribution in [0.3, 0.4) is 0 Å². The molecule has 6 aromatic rings. The summed E-state index contributed by atoms with van der Waals surface area (Å²) in [6, 6.07) is 32.5. The van der Waals surface area contributed by atoms with Gasteiger partial charge in [-0.15, -0.1) is 0 Å².